The molecule has 1 heterocycles. The fraction of sp³-hybridized carbons (Fsp3) is 0.409. The third-order valence-corrected chi connectivity index (χ3v) is 5.33. The van der Waals surface area contributed by atoms with Crippen molar-refractivity contribution in [3.63, 3.8) is 0 Å². The van der Waals surface area contributed by atoms with E-state index in [0.717, 1.165) is 26.1 Å². The first-order valence-electron chi connectivity index (χ1n) is 9.45. The molecule has 1 fully saturated rings. The Kier molecular flexibility index (Phi) is 6.29. The summed E-state index contributed by atoms with van der Waals surface area (Å²) < 4.78 is 0. The van der Waals surface area contributed by atoms with Gasteiger partial charge in [0.1, 0.15) is 0 Å². The summed E-state index contributed by atoms with van der Waals surface area (Å²) in [6, 6.07) is 21.0. The lowest BCUT2D eigenvalue weighted by molar-refractivity contribution is -0.122. The monoisotopic (exact) mass is 351 g/mol. The number of hydrogen-bond acceptors (Lipinski definition) is 3. The summed E-state index contributed by atoms with van der Waals surface area (Å²) in [4.78, 5) is 16.8. The Morgan fingerprint density at radius 1 is 1.15 bits per heavy atom. The summed E-state index contributed by atoms with van der Waals surface area (Å²) in [5.41, 5.74) is 2.51. The average Bonchev–Trinajstić information content (AvgIpc) is 3.16. The molecule has 3 rings (SSSR count). The number of amides is 1. The van der Waals surface area contributed by atoms with Gasteiger partial charge in [-0.1, -0.05) is 48.5 Å². The van der Waals surface area contributed by atoms with Gasteiger partial charge < -0.3 is 10.2 Å². The quantitative estimate of drug-likeness (QED) is 0.831. The minimum Gasteiger partial charge on any atom is -0.371 e. The van der Waals surface area contributed by atoms with Crippen molar-refractivity contribution in [2.24, 2.45) is 5.92 Å². The molecule has 138 valence electrons. The first-order valence-corrected chi connectivity index (χ1v) is 9.45. The van der Waals surface area contributed by atoms with Crippen molar-refractivity contribution in [2.75, 3.05) is 38.1 Å². The number of carbonyl (C=O) groups excluding carboxylic acids is 1. The molecule has 2 aromatic rings. The highest BCUT2D eigenvalue weighted by molar-refractivity contribution is 5.78. The zero-order chi connectivity index (χ0) is 18.4. The van der Waals surface area contributed by atoms with Crippen LogP contribution in [0.5, 0.6) is 0 Å². The van der Waals surface area contributed by atoms with Crippen LogP contribution in [0, 0.1) is 5.92 Å². The van der Waals surface area contributed by atoms with E-state index in [1.807, 2.05) is 31.3 Å². The Morgan fingerprint density at radius 2 is 1.81 bits per heavy atom. The Morgan fingerprint density at radius 3 is 2.50 bits per heavy atom. The van der Waals surface area contributed by atoms with Crippen molar-refractivity contribution in [1.29, 1.82) is 0 Å². The van der Waals surface area contributed by atoms with E-state index < -0.39 is 0 Å². The molecule has 0 bridgehead atoms. The van der Waals surface area contributed by atoms with Crippen LogP contribution in [-0.4, -0.2) is 44.0 Å². The topological polar surface area (TPSA) is 35.6 Å². The Hall–Kier alpha value is -2.33. The number of benzene rings is 2. The smallest absolute Gasteiger partial charge is 0.234 e. The van der Waals surface area contributed by atoms with Crippen molar-refractivity contribution in [2.45, 2.75) is 19.4 Å². The first-order chi connectivity index (χ1) is 12.6. The number of rotatable bonds is 7. The van der Waals surface area contributed by atoms with Gasteiger partial charge in [0, 0.05) is 31.4 Å². The zero-order valence-corrected chi connectivity index (χ0v) is 15.8. The van der Waals surface area contributed by atoms with E-state index in [-0.39, 0.29) is 11.9 Å². The molecular weight excluding hydrogens is 322 g/mol. The van der Waals surface area contributed by atoms with Gasteiger partial charge in [-0.25, -0.2) is 0 Å². The highest BCUT2D eigenvalue weighted by Gasteiger charge is 2.23. The third-order valence-electron chi connectivity index (χ3n) is 5.33. The maximum Gasteiger partial charge on any atom is 0.234 e. The molecule has 4 nitrogen and oxygen atoms in total. The molecule has 0 aromatic heterocycles. The molecule has 1 N–H and O–H groups in total. The molecule has 0 saturated carbocycles. The molecule has 0 aliphatic carbocycles. The van der Waals surface area contributed by atoms with E-state index in [2.05, 4.69) is 58.4 Å². The van der Waals surface area contributed by atoms with E-state index in [4.69, 9.17) is 0 Å². The second-order valence-corrected chi connectivity index (χ2v) is 7.24. The van der Waals surface area contributed by atoms with Gasteiger partial charge in [-0.05, 0) is 44.0 Å². The van der Waals surface area contributed by atoms with Gasteiger partial charge in [-0.3, -0.25) is 9.69 Å². The van der Waals surface area contributed by atoms with Crippen LogP contribution in [0.4, 0.5) is 5.69 Å². The van der Waals surface area contributed by atoms with Crippen molar-refractivity contribution >= 4 is 11.6 Å². The fourth-order valence-electron chi connectivity index (χ4n) is 3.54. The van der Waals surface area contributed by atoms with Crippen molar-refractivity contribution < 1.29 is 4.79 Å². The first kappa shape index (κ1) is 18.5. The molecule has 0 spiro atoms. The normalized spacial score (nSPS) is 18.1. The molecule has 1 amide bonds. The molecule has 1 aliphatic heterocycles. The molecule has 1 aliphatic rings. The number of hydrogen-bond donors (Lipinski definition) is 1. The summed E-state index contributed by atoms with van der Waals surface area (Å²) in [6.45, 7) is 5.40. The largest absolute Gasteiger partial charge is 0.371 e. The lowest BCUT2D eigenvalue weighted by Crippen LogP contribution is -2.38. The van der Waals surface area contributed by atoms with Gasteiger partial charge in [0.15, 0.2) is 0 Å². The number of nitrogens with one attached hydrogen (secondary N) is 1. The van der Waals surface area contributed by atoms with Crippen LogP contribution in [0.25, 0.3) is 0 Å². The summed E-state index contributed by atoms with van der Waals surface area (Å²) in [7, 11) is 2.00. The SMILES string of the molecule is CC(c1ccccc1)N(C)CC(=O)NCC1CCN(c2ccccc2)C1. The summed E-state index contributed by atoms with van der Waals surface area (Å²) >= 11 is 0. The van der Waals surface area contributed by atoms with Crippen LogP contribution in [0.1, 0.15) is 24.9 Å². The minimum atomic E-state index is 0.105. The Bertz CT molecular complexity index is 689. The van der Waals surface area contributed by atoms with Gasteiger partial charge in [0.05, 0.1) is 6.54 Å². The molecule has 1 saturated heterocycles. The Balaban J connectivity index is 1.42. The maximum atomic E-state index is 12.3. The highest BCUT2D eigenvalue weighted by atomic mass is 16.2. The minimum absolute atomic E-state index is 0.105. The summed E-state index contributed by atoms with van der Waals surface area (Å²) in [5, 5.41) is 3.13. The average molecular weight is 351 g/mol. The van der Waals surface area contributed by atoms with Gasteiger partial charge in [0.25, 0.3) is 0 Å². The van der Waals surface area contributed by atoms with Gasteiger partial charge >= 0.3 is 0 Å². The standard InChI is InChI=1S/C22H29N3O/c1-18(20-9-5-3-6-10-20)24(2)17-22(26)23-15-19-13-14-25(16-19)21-11-7-4-8-12-21/h3-12,18-19H,13-17H2,1-2H3,(H,23,26). The van der Waals surface area contributed by atoms with Crippen molar-refractivity contribution in [3.8, 4) is 0 Å². The van der Waals surface area contributed by atoms with E-state index in [1.54, 1.807) is 0 Å². The number of likely N-dealkylation sites (N-methyl/N-ethyl adjacent to an activating group) is 1. The fourth-order valence-corrected chi connectivity index (χ4v) is 3.54. The lowest BCUT2D eigenvalue weighted by Gasteiger charge is -2.25. The van der Waals surface area contributed by atoms with E-state index in [0.29, 0.717) is 12.5 Å². The second kappa shape index (κ2) is 8.86. The van der Waals surface area contributed by atoms with Crippen molar-refractivity contribution in [1.82, 2.24) is 10.2 Å². The van der Waals surface area contributed by atoms with Crippen LogP contribution in [0.3, 0.4) is 0 Å². The predicted molar refractivity (Wildman–Crippen MR) is 107 cm³/mol. The van der Waals surface area contributed by atoms with Crippen LogP contribution < -0.4 is 10.2 Å². The zero-order valence-electron chi connectivity index (χ0n) is 15.8. The van der Waals surface area contributed by atoms with Crippen LogP contribution in [-0.2, 0) is 4.79 Å². The molecule has 4 heteroatoms. The number of nitrogens with zero attached hydrogens (tertiary/aromatic N) is 2. The van der Waals surface area contributed by atoms with Gasteiger partial charge in [0.2, 0.25) is 5.91 Å². The molecular formula is C22H29N3O. The maximum absolute atomic E-state index is 12.3. The predicted octanol–water partition coefficient (Wildman–Crippen LogP) is 3.32. The second-order valence-electron chi connectivity index (χ2n) is 7.24. The van der Waals surface area contributed by atoms with Gasteiger partial charge in [-0.15, -0.1) is 0 Å². The number of carbonyl (C=O) groups is 1. The lowest BCUT2D eigenvalue weighted by atomic mass is 10.1. The summed E-state index contributed by atoms with van der Waals surface area (Å²) in [5.74, 6) is 0.629. The number of para-hydroxylation sites is 1. The Labute approximate surface area is 156 Å². The van der Waals surface area contributed by atoms with Crippen LogP contribution in [0.15, 0.2) is 60.7 Å². The number of anilines is 1. The van der Waals surface area contributed by atoms with Crippen LogP contribution >= 0.6 is 0 Å². The molecule has 2 unspecified atom stereocenters. The van der Waals surface area contributed by atoms with Crippen LogP contribution in [0.2, 0.25) is 0 Å². The van der Waals surface area contributed by atoms with Gasteiger partial charge in [-0.2, -0.15) is 0 Å². The van der Waals surface area contributed by atoms with E-state index in [9.17, 15) is 4.79 Å². The molecule has 2 aromatic carbocycles. The highest BCUT2D eigenvalue weighted by Crippen LogP contribution is 2.23. The van der Waals surface area contributed by atoms with E-state index >= 15 is 0 Å². The third kappa shape index (κ3) is 4.85. The summed E-state index contributed by atoms with van der Waals surface area (Å²) in [6.07, 6.45) is 1.13. The molecule has 0 radical (unpaired) electrons. The molecule has 2 atom stereocenters. The van der Waals surface area contributed by atoms with Crippen molar-refractivity contribution in [3.05, 3.63) is 66.2 Å². The van der Waals surface area contributed by atoms with E-state index in [1.165, 1.54) is 11.3 Å². The molecule has 26 heavy (non-hydrogen) atoms.